The average molecular weight is 257 g/mol. The zero-order chi connectivity index (χ0) is 14.5. The molecule has 0 aliphatic heterocycles. The van der Waals surface area contributed by atoms with Crippen LogP contribution < -0.4 is 0 Å². The van der Waals surface area contributed by atoms with Gasteiger partial charge in [0, 0.05) is 0 Å². The molecular formula is C17H11N3. The first kappa shape index (κ1) is 13.3. The summed E-state index contributed by atoms with van der Waals surface area (Å²) in [6, 6.07) is 17.1. The third-order valence-electron chi connectivity index (χ3n) is 3.18. The maximum Gasteiger partial charge on any atom is 0.0995 e. The van der Waals surface area contributed by atoms with E-state index in [9.17, 15) is 0 Å². The Hall–Kier alpha value is -3.09. The summed E-state index contributed by atoms with van der Waals surface area (Å²) in [5.74, 6) is 0. The molecule has 0 fully saturated rings. The Kier molecular flexibility index (Phi) is 3.80. The van der Waals surface area contributed by atoms with Crippen LogP contribution in [-0.4, -0.2) is 0 Å². The number of hydrogen-bond acceptors (Lipinski definition) is 3. The van der Waals surface area contributed by atoms with Gasteiger partial charge in [0.15, 0.2) is 0 Å². The summed E-state index contributed by atoms with van der Waals surface area (Å²) in [5, 5.41) is 27.0. The first-order valence-corrected chi connectivity index (χ1v) is 6.10. The van der Waals surface area contributed by atoms with Crippen LogP contribution in [0.4, 0.5) is 0 Å². The predicted molar refractivity (Wildman–Crippen MR) is 74.6 cm³/mol. The van der Waals surface area contributed by atoms with E-state index in [1.54, 1.807) is 18.2 Å². The number of nitriles is 3. The molecule has 94 valence electrons. The maximum absolute atomic E-state index is 9.15. The van der Waals surface area contributed by atoms with Crippen LogP contribution in [0, 0.1) is 40.9 Å². The highest BCUT2D eigenvalue weighted by molar-refractivity contribution is 5.48. The van der Waals surface area contributed by atoms with E-state index in [4.69, 9.17) is 15.8 Å². The van der Waals surface area contributed by atoms with E-state index < -0.39 is 0 Å². The van der Waals surface area contributed by atoms with E-state index in [2.05, 4.69) is 12.1 Å². The molecule has 0 aromatic heterocycles. The van der Waals surface area contributed by atoms with Crippen molar-refractivity contribution in [3.8, 4) is 18.2 Å². The summed E-state index contributed by atoms with van der Waals surface area (Å²) >= 11 is 0. The van der Waals surface area contributed by atoms with Crippen LogP contribution in [-0.2, 0) is 6.42 Å². The molecule has 0 aliphatic carbocycles. The predicted octanol–water partition coefficient (Wildman–Crippen LogP) is 3.20. The Balaban J connectivity index is 2.39. The molecule has 0 heterocycles. The van der Waals surface area contributed by atoms with Crippen LogP contribution in [0.1, 0.15) is 33.4 Å². The topological polar surface area (TPSA) is 71.4 Å². The van der Waals surface area contributed by atoms with Gasteiger partial charge in [0.2, 0.25) is 0 Å². The molecule has 0 saturated carbocycles. The summed E-state index contributed by atoms with van der Waals surface area (Å²) in [6.07, 6.45) is 0.573. The standard InChI is InChI=1S/C17H11N3/c1-12-2-3-13(7-16(12)10-19)6-15-5-4-14(9-18)8-17(15)11-20/h2-5,7-8H,6H2,1H3. The van der Waals surface area contributed by atoms with Crippen molar-refractivity contribution >= 4 is 0 Å². The Labute approximate surface area is 117 Å². The first-order chi connectivity index (χ1) is 9.67. The van der Waals surface area contributed by atoms with Gasteiger partial charge >= 0.3 is 0 Å². The minimum atomic E-state index is 0.479. The molecule has 3 heteroatoms. The second kappa shape index (κ2) is 5.70. The van der Waals surface area contributed by atoms with E-state index in [0.29, 0.717) is 23.1 Å². The van der Waals surface area contributed by atoms with Crippen LogP contribution >= 0.6 is 0 Å². The molecule has 2 aromatic rings. The highest BCUT2D eigenvalue weighted by Gasteiger charge is 2.06. The number of aryl methyl sites for hydroxylation is 1. The van der Waals surface area contributed by atoms with Gasteiger partial charge in [-0.05, 0) is 48.2 Å². The quantitative estimate of drug-likeness (QED) is 0.829. The molecule has 0 unspecified atom stereocenters. The molecule has 0 bridgehead atoms. The van der Waals surface area contributed by atoms with Crippen molar-refractivity contribution < 1.29 is 0 Å². The Bertz CT molecular complexity index is 783. The molecule has 0 spiro atoms. The summed E-state index contributed by atoms with van der Waals surface area (Å²) in [5.41, 5.74) is 4.41. The molecule has 0 amide bonds. The average Bonchev–Trinajstić information content (AvgIpc) is 2.49. The smallest absolute Gasteiger partial charge is 0.0995 e. The van der Waals surface area contributed by atoms with Gasteiger partial charge < -0.3 is 0 Å². The molecule has 0 atom stereocenters. The number of nitrogens with zero attached hydrogens (tertiary/aromatic N) is 3. The molecule has 0 aliphatic rings. The van der Waals surface area contributed by atoms with Gasteiger partial charge in [-0.25, -0.2) is 0 Å². The van der Waals surface area contributed by atoms with Crippen LogP contribution in [0.25, 0.3) is 0 Å². The van der Waals surface area contributed by atoms with Gasteiger partial charge in [-0.3, -0.25) is 0 Å². The van der Waals surface area contributed by atoms with Gasteiger partial charge in [0.05, 0.1) is 34.9 Å². The zero-order valence-corrected chi connectivity index (χ0v) is 11.0. The largest absolute Gasteiger partial charge is 0.192 e. The Morgan fingerprint density at radius 2 is 1.60 bits per heavy atom. The minimum absolute atomic E-state index is 0.479. The minimum Gasteiger partial charge on any atom is -0.192 e. The second-order valence-corrected chi connectivity index (χ2v) is 4.53. The van der Waals surface area contributed by atoms with Crippen LogP contribution in [0.15, 0.2) is 36.4 Å². The lowest BCUT2D eigenvalue weighted by molar-refractivity contribution is 1.16. The molecule has 3 nitrogen and oxygen atoms in total. The number of benzene rings is 2. The fraction of sp³-hybridized carbons (Fsp3) is 0.118. The highest BCUT2D eigenvalue weighted by atomic mass is 14.3. The molecule has 0 N–H and O–H groups in total. The van der Waals surface area contributed by atoms with E-state index in [0.717, 1.165) is 16.7 Å². The fourth-order valence-corrected chi connectivity index (χ4v) is 2.02. The SMILES string of the molecule is Cc1ccc(Cc2ccc(C#N)cc2C#N)cc1C#N. The molecule has 0 saturated heterocycles. The molecule has 0 radical (unpaired) electrons. The van der Waals surface area contributed by atoms with Crippen LogP contribution in [0.3, 0.4) is 0 Å². The maximum atomic E-state index is 9.15. The van der Waals surface area contributed by atoms with E-state index in [1.807, 2.05) is 31.2 Å². The van der Waals surface area contributed by atoms with Crippen molar-refractivity contribution in [1.29, 1.82) is 15.8 Å². The molecular weight excluding hydrogens is 246 g/mol. The lowest BCUT2D eigenvalue weighted by Crippen LogP contribution is -1.95. The lowest BCUT2D eigenvalue weighted by atomic mass is 9.96. The van der Waals surface area contributed by atoms with E-state index in [-0.39, 0.29) is 0 Å². The van der Waals surface area contributed by atoms with Crippen LogP contribution in [0.2, 0.25) is 0 Å². The second-order valence-electron chi connectivity index (χ2n) is 4.53. The molecule has 2 rings (SSSR count). The van der Waals surface area contributed by atoms with Crippen molar-refractivity contribution in [2.45, 2.75) is 13.3 Å². The lowest BCUT2D eigenvalue weighted by Gasteiger charge is -2.06. The third kappa shape index (κ3) is 2.66. The fourth-order valence-electron chi connectivity index (χ4n) is 2.02. The van der Waals surface area contributed by atoms with Crippen molar-refractivity contribution in [3.63, 3.8) is 0 Å². The van der Waals surface area contributed by atoms with E-state index >= 15 is 0 Å². The van der Waals surface area contributed by atoms with Gasteiger partial charge in [-0.15, -0.1) is 0 Å². The van der Waals surface area contributed by atoms with Gasteiger partial charge in [0.25, 0.3) is 0 Å². The van der Waals surface area contributed by atoms with Crippen molar-refractivity contribution in [2.24, 2.45) is 0 Å². The zero-order valence-electron chi connectivity index (χ0n) is 11.0. The molecule has 20 heavy (non-hydrogen) atoms. The number of rotatable bonds is 2. The van der Waals surface area contributed by atoms with E-state index in [1.165, 1.54) is 0 Å². The third-order valence-corrected chi connectivity index (χ3v) is 3.18. The summed E-state index contributed by atoms with van der Waals surface area (Å²) in [6.45, 7) is 1.89. The normalized spacial score (nSPS) is 9.30. The Morgan fingerprint density at radius 1 is 0.850 bits per heavy atom. The summed E-state index contributed by atoms with van der Waals surface area (Å²) in [7, 11) is 0. The van der Waals surface area contributed by atoms with Crippen LogP contribution in [0.5, 0.6) is 0 Å². The van der Waals surface area contributed by atoms with Gasteiger partial charge in [-0.1, -0.05) is 18.2 Å². The van der Waals surface area contributed by atoms with Gasteiger partial charge in [0.1, 0.15) is 0 Å². The summed E-state index contributed by atoms with van der Waals surface area (Å²) in [4.78, 5) is 0. The van der Waals surface area contributed by atoms with Crippen molar-refractivity contribution in [2.75, 3.05) is 0 Å². The first-order valence-electron chi connectivity index (χ1n) is 6.10. The van der Waals surface area contributed by atoms with Gasteiger partial charge in [-0.2, -0.15) is 15.8 Å². The summed E-state index contributed by atoms with van der Waals surface area (Å²) < 4.78 is 0. The van der Waals surface area contributed by atoms with Crippen molar-refractivity contribution in [1.82, 2.24) is 0 Å². The molecule has 2 aromatic carbocycles. The Morgan fingerprint density at radius 3 is 2.25 bits per heavy atom. The number of hydrogen-bond donors (Lipinski definition) is 0. The van der Waals surface area contributed by atoms with Crippen molar-refractivity contribution in [3.05, 3.63) is 69.8 Å². The monoisotopic (exact) mass is 257 g/mol. The highest BCUT2D eigenvalue weighted by Crippen LogP contribution is 2.18.